The minimum absolute atomic E-state index is 0.0634. The summed E-state index contributed by atoms with van der Waals surface area (Å²) in [4.78, 5) is 29.3. The average molecular weight is 436 g/mol. The number of Topliss-reactive ketones (excluding diaryl/α,β-unsaturated/α-hetero) is 1. The van der Waals surface area contributed by atoms with E-state index in [2.05, 4.69) is 63.2 Å². The number of benzene rings is 3. The fourth-order valence-corrected chi connectivity index (χ4v) is 5.62. The van der Waals surface area contributed by atoms with E-state index in [0.717, 1.165) is 44.8 Å². The molecular weight excluding hydrogens is 406 g/mol. The number of hydrogen-bond acceptors (Lipinski definition) is 2. The second-order valence-electron chi connectivity index (χ2n) is 9.49. The van der Waals surface area contributed by atoms with Crippen LogP contribution in [0.2, 0.25) is 0 Å². The number of ketones is 1. The van der Waals surface area contributed by atoms with Crippen LogP contribution >= 0.6 is 0 Å². The van der Waals surface area contributed by atoms with Crippen molar-refractivity contribution in [2.45, 2.75) is 51.9 Å². The van der Waals surface area contributed by atoms with Crippen LogP contribution in [0.4, 0.5) is 5.69 Å². The molecule has 5 rings (SSSR count). The molecule has 0 aromatic heterocycles. The van der Waals surface area contributed by atoms with Gasteiger partial charge in [-0.1, -0.05) is 60.7 Å². The highest BCUT2D eigenvalue weighted by Crippen LogP contribution is 2.47. The number of rotatable bonds is 3. The van der Waals surface area contributed by atoms with Gasteiger partial charge in [-0.05, 0) is 73.1 Å². The second kappa shape index (κ2) is 8.47. The molecular formula is C30H29NO2. The van der Waals surface area contributed by atoms with Gasteiger partial charge in [0.1, 0.15) is 0 Å². The third-order valence-electron chi connectivity index (χ3n) is 7.03. The fourth-order valence-electron chi connectivity index (χ4n) is 5.62. The average Bonchev–Trinajstić information content (AvgIpc) is 2.78. The molecule has 1 amide bonds. The molecule has 3 aromatic carbocycles. The standard InChI is InChI=1S/C30H29NO2/c1-19-13-20(2)15-24(14-19)31-27-16-23(22-10-5-4-6-11-22)17-28(32)30(27)26(18-29(31)33)25-12-8-7-9-21(25)3/h4-15,23,26H,16-18H2,1-3H3. The van der Waals surface area contributed by atoms with Crippen molar-refractivity contribution in [3.8, 4) is 0 Å². The zero-order chi connectivity index (χ0) is 23.1. The first-order valence-electron chi connectivity index (χ1n) is 11.7. The molecule has 2 aliphatic rings. The molecule has 166 valence electrons. The summed E-state index contributed by atoms with van der Waals surface area (Å²) in [7, 11) is 0. The van der Waals surface area contributed by atoms with Crippen molar-refractivity contribution in [2.24, 2.45) is 0 Å². The van der Waals surface area contributed by atoms with E-state index in [4.69, 9.17) is 0 Å². The van der Waals surface area contributed by atoms with Crippen LogP contribution in [-0.4, -0.2) is 11.7 Å². The monoisotopic (exact) mass is 435 g/mol. The molecule has 3 nitrogen and oxygen atoms in total. The van der Waals surface area contributed by atoms with Gasteiger partial charge in [0.05, 0.1) is 0 Å². The topological polar surface area (TPSA) is 37.4 Å². The molecule has 0 bridgehead atoms. The molecule has 0 radical (unpaired) electrons. The number of amides is 1. The zero-order valence-electron chi connectivity index (χ0n) is 19.5. The lowest BCUT2D eigenvalue weighted by Crippen LogP contribution is -2.42. The van der Waals surface area contributed by atoms with Gasteiger partial charge in [0, 0.05) is 35.7 Å². The minimum Gasteiger partial charge on any atom is -0.294 e. The molecule has 0 saturated heterocycles. The predicted octanol–water partition coefficient (Wildman–Crippen LogP) is 6.53. The zero-order valence-corrected chi connectivity index (χ0v) is 19.5. The van der Waals surface area contributed by atoms with Crippen LogP contribution < -0.4 is 4.90 Å². The largest absolute Gasteiger partial charge is 0.294 e. The van der Waals surface area contributed by atoms with E-state index in [1.807, 2.05) is 35.2 Å². The van der Waals surface area contributed by atoms with Crippen LogP contribution in [0.15, 0.2) is 84.1 Å². The van der Waals surface area contributed by atoms with Crippen molar-refractivity contribution in [1.82, 2.24) is 0 Å². The Kier molecular flexibility index (Phi) is 5.49. The summed E-state index contributed by atoms with van der Waals surface area (Å²) in [5.74, 6) is 0.128. The summed E-state index contributed by atoms with van der Waals surface area (Å²) in [5.41, 5.74) is 8.18. The van der Waals surface area contributed by atoms with Gasteiger partial charge < -0.3 is 0 Å². The SMILES string of the molecule is Cc1cc(C)cc(N2C(=O)CC(c3ccccc3C)C3=C2CC(c2ccccc2)CC3=O)c1. The first kappa shape index (κ1) is 21.4. The van der Waals surface area contributed by atoms with Crippen LogP contribution in [0.1, 0.15) is 58.9 Å². The van der Waals surface area contributed by atoms with E-state index >= 15 is 0 Å². The molecule has 2 unspecified atom stereocenters. The molecule has 3 aromatic rings. The van der Waals surface area contributed by atoms with Gasteiger partial charge in [-0.3, -0.25) is 14.5 Å². The lowest BCUT2D eigenvalue weighted by atomic mass is 9.72. The highest BCUT2D eigenvalue weighted by molar-refractivity contribution is 6.08. The van der Waals surface area contributed by atoms with Crippen molar-refractivity contribution in [2.75, 3.05) is 4.90 Å². The van der Waals surface area contributed by atoms with E-state index in [-0.39, 0.29) is 23.5 Å². The highest BCUT2D eigenvalue weighted by Gasteiger charge is 2.42. The molecule has 1 aliphatic carbocycles. The minimum atomic E-state index is -0.180. The van der Waals surface area contributed by atoms with Gasteiger partial charge in [-0.15, -0.1) is 0 Å². The molecule has 0 N–H and O–H groups in total. The third-order valence-corrected chi connectivity index (χ3v) is 7.03. The maximum Gasteiger partial charge on any atom is 0.232 e. The number of carbonyl (C=O) groups excluding carboxylic acids is 2. The number of anilines is 1. The van der Waals surface area contributed by atoms with Gasteiger partial charge in [-0.25, -0.2) is 0 Å². The molecule has 33 heavy (non-hydrogen) atoms. The van der Waals surface area contributed by atoms with Crippen molar-refractivity contribution in [3.05, 3.63) is 112 Å². The van der Waals surface area contributed by atoms with Crippen molar-refractivity contribution < 1.29 is 9.59 Å². The number of aryl methyl sites for hydroxylation is 3. The first-order chi connectivity index (χ1) is 15.9. The summed E-state index contributed by atoms with van der Waals surface area (Å²) < 4.78 is 0. The summed E-state index contributed by atoms with van der Waals surface area (Å²) in [6.07, 6.45) is 1.49. The quantitative estimate of drug-likeness (QED) is 0.469. The second-order valence-corrected chi connectivity index (χ2v) is 9.49. The summed E-state index contributed by atoms with van der Waals surface area (Å²) in [6, 6.07) is 24.6. The molecule has 2 atom stereocenters. The maximum absolute atomic E-state index is 13.7. The van der Waals surface area contributed by atoms with E-state index in [9.17, 15) is 9.59 Å². The van der Waals surface area contributed by atoms with Crippen LogP contribution in [0.3, 0.4) is 0 Å². The smallest absolute Gasteiger partial charge is 0.232 e. The maximum atomic E-state index is 13.7. The fraction of sp³-hybridized carbons (Fsp3) is 0.267. The van der Waals surface area contributed by atoms with E-state index < -0.39 is 0 Å². The number of allylic oxidation sites excluding steroid dienone is 2. The summed E-state index contributed by atoms with van der Waals surface area (Å²) in [5, 5.41) is 0. The lowest BCUT2D eigenvalue weighted by molar-refractivity contribution is -0.120. The van der Waals surface area contributed by atoms with Gasteiger partial charge >= 0.3 is 0 Å². The number of hydrogen-bond donors (Lipinski definition) is 0. The van der Waals surface area contributed by atoms with Gasteiger partial charge in [-0.2, -0.15) is 0 Å². The molecule has 3 heteroatoms. The molecule has 1 aliphatic heterocycles. The Morgan fingerprint density at radius 1 is 0.758 bits per heavy atom. The normalized spacial score (nSPS) is 20.8. The summed E-state index contributed by atoms with van der Waals surface area (Å²) >= 11 is 0. The summed E-state index contributed by atoms with van der Waals surface area (Å²) in [6.45, 7) is 6.17. The Bertz CT molecular complexity index is 1250. The lowest BCUT2D eigenvalue weighted by Gasteiger charge is -2.41. The Balaban J connectivity index is 1.69. The Morgan fingerprint density at radius 2 is 1.42 bits per heavy atom. The molecule has 0 saturated carbocycles. The van der Waals surface area contributed by atoms with E-state index in [1.54, 1.807) is 0 Å². The molecule has 0 fully saturated rings. The van der Waals surface area contributed by atoms with Crippen LogP contribution in [0.25, 0.3) is 0 Å². The molecule has 1 heterocycles. The van der Waals surface area contributed by atoms with Gasteiger partial charge in [0.15, 0.2) is 5.78 Å². The molecule has 0 spiro atoms. The van der Waals surface area contributed by atoms with Crippen molar-refractivity contribution >= 4 is 17.4 Å². The highest BCUT2D eigenvalue weighted by atomic mass is 16.2. The number of carbonyl (C=O) groups is 2. The van der Waals surface area contributed by atoms with Crippen LogP contribution in [0.5, 0.6) is 0 Å². The van der Waals surface area contributed by atoms with Crippen molar-refractivity contribution in [3.63, 3.8) is 0 Å². The van der Waals surface area contributed by atoms with Gasteiger partial charge in [0.25, 0.3) is 0 Å². The Morgan fingerprint density at radius 3 is 2.12 bits per heavy atom. The van der Waals surface area contributed by atoms with Crippen molar-refractivity contribution in [1.29, 1.82) is 0 Å². The van der Waals surface area contributed by atoms with E-state index in [1.165, 1.54) is 0 Å². The first-order valence-corrected chi connectivity index (χ1v) is 11.7. The Labute approximate surface area is 195 Å². The van der Waals surface area contributed by atoms with E-state index in [0.29, 0.717) is 19.3 Å². The number of nitrogens with zero attached hydrogens (tertiary/aromatic N) is 1. The Hall–Kier alpha value is -3.46. The predicted molar refractivity (Wildman–Crippen MR) is 132 cm³/mol. The third kappa shape index (κ3) is 3.93. The van der Waals surface area contributed by atoms with Gasteiger partial charge in [0.2, 0.25) is 5.91 Å². The van der Waals surface area contributed by atoms with Crippen LogP contribution in [0, 0.1) is 20.8 Å². The van der Waals surface area contributed by atoms with Crippen LogP contribution in [-0.2, 0) is 9.59 Å².